The molecule has 2 atom stereocenters. The first kappa shape index (κ1) is 12.0. The van der Waals surface area contributed by atoms with Gasteiger partial charge in [0.25, 0.3) is 0 Å². The zero-order valence-electron chi connectivity index (χ0n) is 11.6. The molecule has 0 radical (unpaired) electrons. The van der Waals surface area contributed by atoms with Crippen molar-refractivity contribution in [2.45, 2.75) is 39.2 Å². The molecule has 0 amide bonds. The third-order valence-corrected chi connectivity index (χ3v) is 4.59. The van der Waals surface area contributed by atoms with Gasteiger partial charge in [-0.1, -0.05) is 26.0 Å². The van der Waals surface area contributed by atoms with Gasteiger partial charge in [-0.3, -0.25) is 0 Å². The molecule has 18 heavy (non-hydrogen) atoms. The van der Waals surface area contributed by atoms with Gasteiger partial charge >= 0.3 is 0 Å². The van der Waals surface area contributed by atoms with Crippen LogP contribution in [0.25, 0.3) is 0 Å². The molecule has 1 aliphatic heterocycles. The fourth-order valence-corrected chi connectivity index (χ4v) is 3.25. The summed E-state index contributed by atoms with van der Waals surface area (Å²) in [7, 11) is 2.08. The van der Waals surface area contributed by atoms with Crippen molar-refractivity contribution in [1.29, 1.82) is 0 Å². The minimum absolute atomic E-state index is 0.493. The lowest BCUT2D eigenvalue weighted by Crippen LogP contribution is -2.21. The number of hydrogen-bond donors (Lipinski definition) is 1. The predicted molar refractivity (Wildman–Crippen MR) is 73.9 cm³/mol. The van der Waals surface area contributed by atoms with Gasteiger partial charge in [-0.25, -0.2) is 0 Å². The van der Waals surface area contributed by atoms with E-state index in [1.54, 1.807) is 0 Å². The Balaban J connectivity index is 1.87. The largest absolute Gasteiger partial charge is 0.493 e. The molecule has 0 aromatic heterocycles. The van der Waals surface area contributed by atoms with Crippen molar-refractivity contribution in [3.63, 3.8) is 0 Å². The minimum Gasteiger partial charge on any atom is -0.493 e. The van der Waals surface area contributed by atoms with E-state index in [0.29, 0.717) is 11.5 Å². The lowest BCUT2D eigenvalue weighted by molar-refractivity contribution is 0.288. The molecule has 1 saturated carbocycles. The van der Waals surface area contributed by atoms with Crippen molar-refractivity contribution in [3.05, 3.63) is 29.3 Å². The highest BCUT2D eigenvalue weighted by Crippen LogP contribution is 2.57. The molecular formula is C16H23NO. The van der Waals surface area contributed by atoms with Gasteiger partial charge in [0.15, 0.2) is 0 Å². The van der Waals surface area contributed by atoms with Crippen molar-refractivity contribution in [3.8, 4) is 5.75 Å². The lowest BCUT2D eigenvalue weighted by Gasteiger charge is -2.22. The van der Waals surface area contributed by atoms with E-state index in [4.69, 9.17) is 4.74 Å². The Kier molecular flexibility index (Phi) is 2.86. The van der Waals surface area contributed by atoms with E-state index in [0.717, 1.165) is 31.1 Å². The summed E-state index contributed by atoms with van der Waals surface area (Å²) >= 11 is 0. The second-order valence-corrected chi connectivity index (χ2v) is 6.38. The third kappa shape index (κ3) is 2.03. The molecule has 2 nitrogen and oxygen atoms in total. The average molecular weight is 245 g/mol. The highest BCUT2D eigenvalue weighted by Gasteiger charge is 2.50. The van der Waals surface area contributed by atoms with E-state index < -0.39 is 0 Å². The van der Waals surface area contributed by atoms with Crippen molar-refractivity contribution in [2.24, 2.45) is 11.3 Å². The Morgan fingerprint density at radius 1 is 1.39 bits per heavy atom. The molecule has 2 aliphatic rings. The Morgan fingerprint density at radius 3 is 2.83 bits per heavy atom. The van der Waals surface area contributed by atoms with E-state index in [-0.39, 0.29) is 0 Å². The summed E-state index contributed by atoms with van der Waals surface area (Å²) in [5, 5.41) is 3.50. The Hall–Kier alpha value is -1.02. The maximum Gasteiger partial charge on any atom is 0.122 e. The van der Waals surface area contributed by atoms with Gasteiger partial charge in [0, 0.05) is 6.04 Å². The number of fused-ring (bicyclic) bond motifs is 1. The topological polar surface area (TPSA) is 21.3 Å². The zero-order valence-corrected chi connectivity index (χ0v) is 11.6. The number of aryl methyl sites for hydroxylation is 1. The van der Waals surface area contributed by atoms with Crippen LogP contribution in [-0.4, -0.2) is 13.7 Å². The van der Waals surface area contributed by atoms with Crippen LogP contribution < -0.4 is 10.1 Å². The maximum absolute atomic E-state index is 5.69. The Morgan fingerprint density at radius 2 is 2.17 bits per heavy atom. The van der Waals surface area contributed by atoms with Gasteiger partial charge in [-0.2, -0.15) is 0 Å². The van der Waals surface area contributed by atoms with Gasteiger partial charge in [0.2, 0.25) is 0 Å². The fraction of sp³-hybridized carbons (Fsp3) is 0.625. The number of rotatable bonds is 3. The molecular weight excluding hydrogens is 222 g/mol. The molecule has 0 spiro atoms. The highest BCUT2D eigenvalue weighted by molar-refractivity contribution is 5.40. The van der Waals surface area contributed by atoms with Crippen LogP contribution >= 0.6 is 0 Å². The average Bonchev–Trinajstić information content (AvgIpc) is 2.99. The molecule has 98 valence electrons. The van der Waals surface area contributed by atoms with Crippen LogP contribution in [-0.2, 0) is 6.42 Å². The first-order chi connectivity index (χ1) is 8.62. The molecule has 1 fully saturated rings. The van der Waals surface area contributed by atoms with E-state index in [1.807, 2.05) is 0 Å². The molecule has 1 aliphatic carbocycles. The van der Waals surface area contributed by atoms with Gasteiger partial charge < -0.3 is 10.1 Å². The summed E-state index contributed by atoms with van der Waals surface area (Å²) in [4.78, 5) is 0. The van der Waals surface area contributed by atoms with Crippen molar-refractivity contribution in [1.82, 2.24) is 5.32 Å². The van der Waals surface area contributed by atoms with Gasteiger partial charge in [0.1, 0.15) is 5.75 Å². The van der Waals surface area contributed by atoms with E-state index >= 15 is 0 Å². The summed E-state index contributed by atoms with van der Waals surface area (Å²) < 4.78 is 5.69. The third-order valence-electron chi connectivity index (χ3n) is 4.59. The SMILES string of the molecule is CNC(c1ccc2c(c1)CCCO2)C1CC1(C)C. The first-order valence-electron chi connectivity index (χ1n) is 7.05. The van der Waals surface area contributed by atoms with Gasteiger partial charge in [0.05, 0.1) is 6.61 Å². The van der Waals surface area contributed by atoms with Crippen LogP contribution in [0.2, 0.25) is 0 Å². The fourth-order valence-electron chi connectivity index (χ4n) is 3.25. The lowest BCUT2D eigenvalue weighted by atomic mass is 9.94. The van der Waals surface area contributed by atoms with Crippen LogP contribution in [0.15, 0.2) is 18.2 Å². The summed E-state index contributed by atoms with van der Waals surface area (Å²) in [6, 6.07) is 7.24. The molecule has 0 bridgehead atoms. The summed E-state index contributed by atoms with van der Waals surface area (Å²) in [5.74, 6) is 1.86. The quantitative estimate of drug-likeness (QED) is 0.882. The van der Waals surface area contributed by atoms with E-state index in [9.17, 15) is 0 Å². The molecule has 1 N–H and O–H groups in total. The molecule has 0 saturated heterocycles. The van der Waals surface area contributed by atoms with Gasteiger partial charge in [-0.15, -0.1) is 0 Å². The van der Waals surface area contributed by atoms with E-state index in [2.05, 4.69) is 44.4 Å². The zero-order chi connectivity index (χ0) is 12.8. The standard InChI is InChI=1S/C16H23NO/c1-16(2)10-13(16)15(17-3)12-6-7-14-11(9-12)5-4-8-18-14/h6-7,9,13,15,17H,4-5,8,10H2,1-3H3. The second-order valence-electron chi connectivity index (χ2n) is 6.38. The predicted octanol–water partition coefficient (Wildman–Crippen LogP) is 3.32. The number of hydrogen-bond acceptors (Lipinski definition) is 2. The van der Waals surface area contributed by atoms with Crippen molar-refractivity contribution < 1.29 is 4.74 Å². The maximum atomic E-state index is 5.69. The molecule has 1 aromatic carbocycles. The monoisotopic (exact) mass is 245 g/mol. The molecule has 2 heteroatoms. The second kappa shape index (κ2) is 4.27. The smallest absolute Gasteiger partial charge is 0.122 e. The van der Waals surface area contributed by atoms with Crippen LogP contribution in [0.1, 0.15) is 43.9 Å². The van der Waals surface area contributed by atoms with Crippen molar-refractivity contribution >= 4 is 0 Å². The normalized spacial score (nSPS) is 26.1. The van der Waals surface area contributed by atoms with E-state index in [1.165, 1.54) is 17.5 Å². The molecule has 2 unspecified atom stereocenters. The summed E-state index contributed by atoms with van der Waals surface area (Å²) in [6.07, 6.45) is 3.63. The molecule has 1 aromatic rings. The molecule has 3 rings (SSSR count). The van der Waals surface area contributed by atoms with Crippen LogP contribution in [0, 0.1) is 11.3 Å². The van der Waals surface area contributed by atoms with Crippen LogP contribution in [0.3, 0.4) is 0 Å². The van der Waals surface area contributed by atoms with Gasteiger partial charge in [-0.05, 0) is 54.8 Å². The first-order valence-corrected chi connectivity index (χ1v) is 7.05. The van der Waals surface area contributed by atoms with Crippen LogP contribution in [0.4, 0.5) is 0 Å². The number of ether oxygens (including phenoxy) is 1. The minimum atomic E-state index is 0.493. The number of nitrogens with one attached hydrogen (secondary N) is 1. The van der Waals surface area contributed by atoms with Crippen LogP contribution in [0.5, 0.6) is 5.75 Å². The highest BCUT2D eigenvalue weighted by atomic mass is 16.5. The molecule has 1 heterocycles. The summed E-state index contributed by atoms with van der Waals surface area (Å²) in [5.41, 5.74) is 3.31. The summed E-state index contributed by atoms with van der Waals surface area (Å²) in [6.45, 7) is 5.60. The Bertz CT molecular complexity index is 452. The Labute approximate surface area is 110 Å². The van der Waals surface area contributed by atoms with Crippen molar-refractivity contribution in [2.75, 3.05) is 13.7 Å². The number of benzene rings is 1.